The number of rotatable bonds is 6. The first-order chi connectivity index (χ1) is 19.9. The van der Waals surface area contributed by atoms with Crippen LogP contribution in [0.1, 0.15) is 89.7 Å². The topological polar surface area (TPSA) is 129 Å². The molecule has 43 heavy (non-hydrogen) atoms. The van der Waals surface area contributed by atoms with E-state index in [2.05, 4.69) is 0 Å². The van der Waals surface area contributed by atoms with E-state index < -0.39 is 51.3 Å². The third-order valence-corrected chi connectivity index (χ3v) is 10.7. The third kappa shape index (κ3) is 3.43. The lowest BCUT2D eigenvalue weighted by molar-refractivity contribution is -0.190. The van der Waals surface area contributed by atoms with Crippen LogP contribution in [0, 0.1) is 5.92 Å². The van der Waals surface area contributed by atoms with Crippen LogP contribution in [0.25, 0.3) is 0 Å². The molecule has 1 spiro atoms. The van der Waals surface area contributed by atoms with Crippen LogP contribution in [0.15, 0.2) is 34.9 Å². The average Bonchev–Trinajstić information content (AvgIpc) is 3.25. The molecule has 3 aliphatic carbocycles. The number of aliphatic carboxylic acids is 1. The minimum Gasteiger partial charge on any atom is -0.507 e. The van der Waals surface area contributed by atoms with Gasteiger partial charge in [0.25, 0.3) is 0 Å². The Hall–Kier alpha value is -3.43. The number of phenols is 1. The molecule has 5 atom stereocenters. The molecular formula is C34H40O9. The Bertz CT molecular complexity index is 1600. The highest BCUT2D eigenvalue weighted by molar-refractivity contribution is 6.20. The monoisotopic (exact) mass is 592 g/mol. The fourth-order valence-electron chi connectivity index (χ4n) is 8.02. The predicted octanol–water partition coefficient (Wildman–Crippen LogP) is 5.16. The summed E-state index contributed by atoms with van der Waals surface area (Å²) >= 11 is 0. The van der Waals surface area contributed by atoms with Gasteiger partial charge in [0.1, 0.15) is 34.5 Å². The number of benzene rings is 1. The molecule has 9 heteroatoms. The van der Waals surface area contributed by atoms with Crippen molar-refractivity contribution in [2.45, 2.75) is 109 Å². The maximum atomic E-state index is 14.8. The van der Waals surface area contributed by atoms with Crippen molar-refractivity contribution in [3.05, 3.63) is 51.6 Å². The van der Waals surface area contributed by atoms with Crippen molar-refractivity contribution >= 4 is 17.5 Å². The van der Waals surface area contributed by atoms with Crippen LogP contribution >= 0.6 is 0 Å². The number of hydrogen-bond donors (Lipinski definition) is 2. The minimum atomic E-state index is -1.76. The molecule has 1 aromatic rings. The van der Waals surface area contributed by atoms with Gasteiger partial charge in [0.05, 0.1) is 5.60 Å². The van der Waals surface area contributed by atoms with Crippen LogP contribution in [-0.4, -0.2) is 63.4 Å². The lowest BCUT2D eigenvalue weighted by Crippen LogP contribution is -2.77. The first-order valence-corrected chi connectivity index (χ1v) is 14.8. The standard InChI is InChI=1S/C34H40O9/c1-16(2)10-11-19-24(35)22-25(36)20-14-32(40-9)15-21-31(7,8)43-33(29(32)39,13-12-17(3)28(37)38)34(20,21)42-27(22)23-26(19)41-18(4)30(23,5)6/h10,12,14,18,21,35H,11,13,15H2,1-9H3,(H,37,38)/b17-12-/t18-,21?,32-,33-,34+/m1/s1. The number of phenolic OH excluding ortho intramolecular Hbond substituents is 1. The molecule has 4 bridgehead atoms. The first-order valence-electron chi connectivity index (χ1n) is 14.8. The van der Waals surface area contributed by atoms with E-state index in [1.54, 1.807) is 6.08 Å². The molecule has 1 aromatic carbocycles. The maximum absolute atomic E-state index is 14.8. The smallest absolute Gasteiger partial charge is 0.330 e. The van der Waals surface area contributed by atoms with E-state index in [1.807, 2.05) is 54.5 Å². The highest BCUT2D eigenvalue weighted by Crippen LogP contribution is 2.70. The van der Waals surface area contributed by atoms with E-state index in [9.17, 15) is 24.6 Å². The summed E-state index contributed by atoms with van der Waals surface area (Å²) in [5.74, 6) is -2.05. The third-order valence-electron chi connectivity index (χ3n) is 10.7. The summed E-state index contributed by atoms with van der Waals surface area (Å²) in [4.78, 5) is 41.2. The summed E-state index contributed by atoms with van der Waals surface area (Å²) < 4.78 is 26.1. The van der Waals surface area contributed by atoms with E-state index in [0.717, 1.165) is 5.57 Å². The van der Waals surface area contributed by atoms with Gasteiger partial charge in [-0.1, -0.05) is 31.6 Å². The zero-order chi connectivity index (χ0) is 31.7. The van der Waals surface area contributed by atoms with E-state index in [4.69, 9.17) is 18.9 Å². The van der Waals surface area contributed by atoms with E-state index in [0.29, 0.717) is 23.3 Å². The summed E-state index contributed by atoms with van der Waals surface area (Å²) in [6, 6.07) is 0. The average molecular weight is 593 g/mol. The number of carboxylic acid groups (broad SMARTS) is 1. The van der Waals surface area contributed by atoms with E-state index in [-0.39, 0.29) is 47.2 Å². The highest BCUT2D eigenvalue weighted by atomic mass is 16.6. The van der Waals surface area contributed by atoms with Crippen molar-refractivity contribution < 1.29 is 43.5 Å². The fourth-order valence-corrected chi connectivity index (χ4v) is 8.02. The first kappa shape index (κ1) is 29.6. The number of methoxy groups -OCH3 is 1. The Morgan fingerprint density at radius 1 is 1.12 bits per heavy atom. The van der Waals surface area contributed by atoms with Crippen LogP contribution in [0.4, 0.5) is 0 Å². The van der Waals surface area contributed by atoms with Crippen molar-refractivity contribution in [3.8, 4) is 17.2 Å². The Balaban J connectivity index is 1.70. The second kappa shape index (κ2) is 8.82. The highest BCUT2D eigenvalue weighted by Gasteiger charge is 2.84. The second-order valence-corrected chi connectivity index (χ2v) is 14.0. The molecule has 3 heterocycles. The number of hydrogen-bond acceptors (Lipinski definition) is 8. The number of ketones is 2. The summed E-state index contributed by atoms with van der Waals surface area (Å²) in [5, 5.41) is 21.4. The molecule has 1 unspecified atom stereocenters. The number of carboxylic acids is 1. The number of ether oxygens (including phenoxy) is 4. The number of aromatic hydroxyl groups is 1. The molecular weight excluding hydrogens is 552 g/mol. The second-order valence-electron chi connectivity index (χ2n) is 14.0. The molecule has 2 fully saturated rings. The number of carbonyl (C=O) groups is 3. The Morgan fingerprint density at radius 3 is 2.40 bits per heavy atom. The molecule has 9 nitrogen and oxygen atoms in total. The van der Waals surface area contributed by atoms with Gasteiger partial charge in [0, 0.05) is 47.1 Å². The Kier molecular flexibility index (Phi) is 6.08. The molecule has 2 N–H and O–H groups in total. The van der Waals surface area contributed by atoms with E-state index in [1.165, 1.54) is 20.1 Å². The zero-order valence-electron chi connectivity index (χ0n) is 26.3. The number of Topliss-reactive ketones (excluding diaryl/α,β-unsaturated/α-hetero) is 2. The lowest BCUT2D eigenvalue weighted by Gasteiger charge is -2.59. The summed E-state index contributed by atoms with van der Waals surface area (Å²) in [5.41, 5.74) is -3.91. The van der Waals surface area contributed by atoms with Gasteiger partial charge in [0.2, 0.25) is 5.78 Å². The molecule has 230 valence electrons. The van der Waals surface area contributed by atoms with Gasteiger partial charge in [-0.05, 0) is 60.5 Å². The summed E-state index contributed by atoms with van der Waals surface area (Å²) in [6.45, 7) is 15.1. The molecule has 1 saturated heterocycles. The van der Waals surface area contributed by atoms with Crippen molar-refractivity contribution in [3.63, 3.8) is 0 Å². The molecule has 7 rings (SSSR count). The SMILES string of the molecule is CO[C@]12C=C3C(=O)c4c(O)c(CC=C(C)C)c5c(c4O[C@]34C(C1)C(C)(C)O[C@]4(C/C=C(/C)C(=O)O)C2=O)C(C)(C)[C@@H](C)O5. The number of carbonyl (C=O) groups excluding carboxylic acids is 2. The van der Waals surface area contributed by atoms with Crippen LogP contribution in [-0.2, 0) is 30.9 Å². The lowest BCUT2D eigenvalue weighted by atomic mass is 9.49. The normalized spacial score (nSPS) is 34.1. The van der Waals surface area contributed by atoms with Gasteiger partial charge in [-0.3, -0.25) is 9.59 Å². The van der Waals surface area contributed by atoms with Gasteiger partial charge < -0.3 is 29.2 Å². The minimum absolute atomic E-state index is 0.0365. The van der Waals surface area contributed by atoms with Crippen LogP contribution in [0.2, 0.25) is 0 Å². The van der Waals surface area contributed by atoms with Crippen LogP contribution < -0.4 is 9.47 Å². The molecule has 0 radical (unpaired) electrons. The summed E-state index contributed by atoms with van der Waals surface area (Å²) in [6.07, 6.45) is 5.11. The fraction of sp³-hybridized carbons (Fsp3) is 0.559. The predicted molar refractivity (Wildman–Crippen MR) is 157 cm³/mol. The molecule has 1 saturated carbocycles. The van der Waals surface area contributed by atoms with Crippen LogP contribution in [0.5, 0.6) is 17.2 Å². The molecule has 3 aliphatic heterocycles. The van der Waals surface area contributed by atoms with Crippen molar-refractivity contribution in [1.29, 1.82) is 0 Å². The van der Waals surface area contributed by atoms with Crippen molar-refractivity contribution in [2.75, 3.05) is 7.11 Å². The van der Waals surface area contributed by atoms with Gasteiger partial charge in [0.15, 0.2) is 17.0 Å². The number of fused-ring (bicyclic) bond motifs is 3. The Morgan fingerprint density at radius 2 is 1.79 bits per heavy atom. The van der Waals surface area contributed by atoms with Gasteiger partial charge in [-0.2, -0.15) is 0 Å². The maximum Gasteiger partial charge on any atom is 0.330 e. The molecule has 0 aromatic heterocycles. The quantitative estimate of drug-likeness (QED) is 0.340. The summed E-state index contributed by atoms with van der Waals surface area (Å²) in [7, 11) is 1.43. The van der Waals surface area contributed by atoms with Crippen molar-refractivity contribution in [1.82, 2.24) is 0 Å². The van der Waals surface area contributed by atoms with Gasteiger partial charge >= 0.3 is 5.97 Å². The molecule has 6 aliphatic rings. The van der Waals surface area contributed by atoms with Crippen LogP contribution in [0.3, 0.4) is 0 Å². The number of allylic oxidation sites excluding steroid dienone is 2. The van der Waals surface area contributed by atoms with E-state index >= 15 is 0 Å². The zero-order valence-corrected chi connectivity index (χ0v) is 26.3. The van der Waals surface area contributed by atoms with Crippen molar-refractivity contribution in [2.24, 2.45) is 5.92 Å². The Labute approximate surface area is 251 Å². The molecule has 0 amide bonds. The van der Waals surface area contributed by atoms with Gasteiger partial charge in [-0.15, -0.1) is 0 Å². The largest absolute Gasteiger partial charge is 0.507 e. The van der Waals surface area contributed by atoms with Gasteiger partial charge in [-0.25, -0.2) is 4.79 Å².